The Labute approximate surface area is 157 Å². The highest BCUT2D eigenvalue weighted by molar-refractivity contribution is 6.31. The Morgan fingerprint density at radius 2 is 2.12 bits per heavy atom. The van der Waals surface area contributed by atoms with Crippen LogP contribution in [0.4, 0.5) is 0 Å². The summed E-state index contributed by atoms with van der Waals surface area (Å²) in [6, 6.07) is 7.37. The molecule has 1 atom stereocenters. The Kier molecular flexibility index (Phi) is 5.38. The molecule has 0 spiro atoms. The second-order valence-corrected chi connectivity index (χ2v) is 6.73. The molecule has 1 aliphatic carbocycles. The summed E-state index contributed by atoms with van der Waals surface area (Å²) in [5, 5.41) is 0.741. The van der Waals surface area contributed by atoms with Crippen molar-refractivity contribution in [3.63, 3.8) is 0 Å². The van der Waals surface area contributed by atoms with Gasteiger partial charge in [-0.2, -0.15) is 0 Å². The van der Waals surface area contributed by atoms with Crippen molar-refractivity contribution in [1.29, 1.82) is 0 Å². The van der Waals surface area contributed by atoms with Crippen LogP contribution in [0.25, 0.3) is 6.08 Å². The van der Waals surface area contributed by atoms with Crippen molar-refractivity contribution in [1.82, 2.24) is 4.90 Å². The van der Waals surface area contributed by atoms with Crippen molar-refractivity contribution in [2.45, 2.75) is 6.42 Å². The van der Waals surface area contributed by atoms with Crippen LogP contribution in [0.15, 0.2) is 53.1 Å². The van der Waals surface area contributed by atoms with Crippen molar-refractivity contribution < 1.29 is 18.9 Å². The third-order valence-corrected chi connectivity index (χ3v) is 4.54. The van der Waals surface area contributed by atoms with E-state index in [2.05, 4.69) is 0 Å². The first-order chi connectivity index (χ1) is 12.5. The van der Waals surface area contributed by atoms with Gasteiger partial charge in [0.25, 0.3) is 0 Å². The van der Waals surface area contributed by atoms with E-state index in [1.54, 1.807) is 20.2 Å². The van der Waals surface area contributed by atoms with Gasteiger partial charge < -0.3 is 4.74 Å². The smallest absolute Gasteiger partial charge is 0.348 e. The minimum atomic E-state index is -0.335. The zero-order valence-corrected chi connectivity index (χ0v) is 15.4. The van der Waals surface area contributed by atoms with E-state index in [-0.39, 0.29) is 23.3 Å². The van der Waals surface area contributed by atoms with Gasteiger partial charge in [0.05, 0.1) is 20.7 Å². The lowest BCUT2D eigenvalue weighted by molar-refractivity contribution is -0.415. The van der Waals surface area contributed by atoms with Gasteiger partial charge in [-0.05, 0) is 24.6 Å². The topological polar surface area (TPSA) is 49.6 Å². The fourth-order valence-corrected chi connectivity index (χ4v) is 2.97. The largest absolute Gasteiger partial charge is 0.492 e. The second-order valence-electron chi connectivity index (χ2n) is 6.30. The van der Waals surface area contributed by atoms with Gasteiger partial charge in [0, 0.05) is 16.5 Å². The minimum Gasteiger partial charge on any atom is -0.492 e. The molecule has 0 saturated heterocycles. The van der Waals surface area contributed by atoms with E-state index in [1.807, 2.05) is 42.5 Å². The Hall–Kier alpha value is -2.66. The first-order valence-electron chi connectivity index (χ1n) is 8.32. The average Bonchev–Trinajstić information content (AvgIpc) is 2.64. The van der Waals surface area contributed by atoms with E-state index < -0.39 is 0 Å². The van der Waals surface area contributed by atoms with Crippen LogP contribution in [0, 0.1) is 5.92 Å². The van der Waals surface area contributed by atoms with Gasteiger partial charge in [-0.3, -0.25) is 0 Å². The number of nitrogens with zero attached hydrogens (tertiary/aromatic N) is 2. The van der Waals surface area contributed by atoms with E-state index in [4.69, 9.17) is 16.3 Å². The highest BCUT2D eigenvalue weighted by Gasteiger charge is 2.34. The third-order valence-electron chi connectivity index (χ3n) is 4.26. The molecule has 2 aliphatic rings. The van der Waals surface area contributed by atoms with Crippen molar-refractivity contribution >= 4 is 35.8 Å². The molecule has 0 saturated carbocycles. The maximum Gasteiger partial charge on any atom is 0.348 e. The molecular weight excluding hydrogens is 352 g/mol. The summed E-state index contributed by atoms with van der Waals surface area (Å²) in [5.74, 6) is 0.202. The summed E-state index contributed by atoms with van der Waals surface area (Å²) in [5.41, 5.74) is 0.807. The molecule has 6 heteroatoms. The number of likely N-dealkylation sites (N-methyl/N-ethyl adjacent to an activating group) is 2. The minimum absolute atomic E-state index is 0.112. The highest BCUT2D eigenvalue weighted by Crippen LogP contribution is 2.25. The SMILES string of the molecule is CN1C=[N+](C)C(=O)C(=Cc2ccccc2OCC2C=CC(Cl)=CC2)C1=O. The van der Waals surface area contributed by atoms with Crippen LogP contribution >= 0.6 is 11.6 Å². The number of amides is 2. The molecule has 1 unspecified atom stereocenters. The zero-order valence-electron chi connectivity index (χ0n) is 14.7. The van der Waals surface area contributed by atoms with Crippen LogP contribution in [0.3, 0.4) is 0 Å². The number of allylic oxidation sites excluding steroid dienone is 3. The lowest BCUT2D eigenvalue weighted by Crippen LogP contribution is -2.41. The molecule has 2 amide bonds. The zero-order chi connectivity index (χ0) is 18.7. The summed E-state index contributed by atoms with van der Waals surface area (Å²) < 4.78 is 7.34. The van der Waals surface area contributed by atoms with Crippen molar-refractivity contribution in [3.05, 3.63) is 58.7 Å². The monoisotopic (exact) mass is 371 g/mol. The molecule has 1 heterocycles. The van der Waals surface area contributed by atoms with Gasteiger partial charge in [-0.1, -0.05) is 42.0 Å². The lowest BCUT2D eigenvalue weighted by Gasteiger charge is -2.17. The molecule has 1 aromatic rings. The van der Waals surface area contributed by atoms with Crippen molar-refractivity contribution in [2.24, 2.45) is 5.92 Å². The number of benzene rings is 1. The predicted octanol–water partition coefficient (Wildman–Crippen LogP) is 2.82. The van der Waals surface area contributed by atoms with E-state index >= 15 is 0 Å². The molecule has 0 N–H and O–H groups in total. The Balaban J connectivity index is 1.81. The maximum atomic E-state index is 12.3. The standard InChI is InChI=1S/C20H20ClN2O3/c1-22-13-23(2)20(25)17(19(22)24)11-15-5-3-4-6-18(15)26-12-14-7-9-16(21)10-8-14/h3-7,9-11,13-14H,8,12H2,1-2H3/q+1. The molecule has 3 rings (SSSR count). The number of para-hydroxylation sites is 1. The number of halogens is 1. The molecule has 1 aliphatic heterocycles. The fourth-order valence-electron chi connectivity index (χ4n) is 2.81. The first kappa shape index (κ1) is 18.1. The third kappa shape index (κ3) is 3.94. The maximum absolute atomic E-state index is 12.3. The summed E-state index contributed by atoms with van der Waals surface area (Å²) in [7, 11) is 3.24. The van der Waals surface area contributed by atoms with Crippen LogP contribution < -0.4 is 4.74 Å². The molecule has 1 aromatic carbocycles. The quantitative estimate of drug-likeness (QED) is 0.464. The lowest BCUT2D eigenvalue weighted by atomic mass is 10.0. The summed E-state index contributed by atoms with van der Waals surface area (Å²) in [6.07, 6.45) is 9.74. The first-order valence-corrected chi connectivity index (χ1v) is 8.70. The van der Waals surface area contributed by atoms with Gasteiger partial charge in [-0.25, -0.2) is 19.1 Å². The van der Waals surface area contributed by atoms with E-state index in [1.165, 1.54) is 15.8 Å². The van der Waals surface area contributed by atoms with Crippen molar-refractivity contribution in [2.75, 3.05) is 20.7 Å². The summed E-state index contributed by atoms with van der Waals surface area (Å²) in [4.78, 5) is 26.1. The molecule has 0 aromatic heterocycles. The van der Waals surface area contributed by atoms with Gasteiger partial charge in [-0.15, -0.1) is 0 Å². The van der Waals surface area contributed by atoms with E-state index in [0.29, 0.717) is 17.9 Å². The molecule has 134 valence electrons. The number of ether oxygens (including phenoxy) is 1. The Morgan fingerprint density at radius 3 is 2.85 bits per heavy atom. The number of rotatable bonds is 4. The molecule has 0 bridgehead atoms. The number of hydrogen-bond donors (Lipinski definition) is 0. The number of carbonyl (C=O) groups excluding carboxylic acids is 2. The van der Waals surface area contributed by atoms with Gasteiger partial charge in [0.2, 0.25) is 6.34 Å². The molecule has 0 fully saturated rings. The average molecular weight is 372 g/mol. The van der Waals surface area contributed by atoms with Crippen LogP contribution in [-0.4, -0.2) is 48.3 Å². The van der Waals surface area contributed by atoms with Gasteiger partial charge >= 0.3 is 11.8 Å². The van der Waals surface area contributed by atoms with Crippen LogP contribution in [0.5, 0.6) is 5.75 Å². The van der Waals surface area contributed by atoms with Gasteiger partial charge in [0.1, 0.15) is 5.75 Å². The number of hydrogen-bond acceptors (Lipinski definition) is 3. The highest BCUT2D eigenvalue weighted by atomic mass is 35.5. The van der Waals surface area contributed by atoms with E-state index in [9.17, 15) is 9.59 Å². The fraction of sp³-hybridized carbons (Fsp3) is 0.250. The second kappa shape index (κ2) is 7.70. The summed E-state index contributed by atoms with van der Waals surface area (Å²) >= 11 is 5.94. The predicted molar refractivity (Wildman–Crippen MR) is 101 cm³/mol. The number of carbonyl (C=O) groups is 2. The van der Waals surface area contributed by atoms with Crippen LogP contribution in [0.2, 0.25) is 0 Å². The normalized spacial score (nSPS) is 21.7. The molecule has 5 nitrogen and oxygen atoms in total. The molecule has 26 heavy (non-hydrogen) atoms. The van der Waals surface area contributed by atoms with E-state index in [0.717, 1.165) is 11.5 Å². The Bertz CT molecular complexity index is 868. The van der Waals surface area contributed by atoms with Gasteiger partial charge in [0.15, 0.2) is 5.57 Å². The van der Waals surface area contributed by atoms with Crippen LogP contribution in [0.1, 0.15) is 12.0 Å². The summed E-state index contributed by atoms with van der Waals surface area (Å²) in [6.45, 7) is 0.493. The van der Waals surface area contributed by atoms with Crippen LogP contribution in [-0.2, 0) is 9.59 Å². The Morgan fingerprint density at radius 1 is 1.35 bits per heavy atom. The molecule has 0 radical (unpaired) electrons. The van der Waals surface area contributed by atoms with Crippen molar-refractivity contribution in [3.8, 4) is 5.75 Å². The molecular formula is C20H20ClN2O3+.